The van der Waals surface area contributed by atoms with E-state index in [1.807, 2.05) is 67.6 Å². The summed E-state index contributed by atoms with van der Waals surface area (Å²) in [6.45, 7) is 3.49. The van der Waals surface area contributed by atoms with Gasteiger partial charge in [-0.1, -0.05) is 0 Å². The third-order valence-corrected chi connectivity index (χ3v) is 5.99. The monoisotopic (exact) mass is 460 g/mol. The zero-order valence-electron chi connectivity index (χ0n) is 16.2. The van der Waals surface area contributed by atoms with E-state index >= 15 is 0 Å². The molecule has 1 saturated heterocycles. The third kappa shape index (κ3) is 4.81. The molecule has 0 aromatic heterocycles. The van der Waals surface area contributed by atoms with Crippen molar-refractivity contribution in [3.8, 4) is 0 Å². The topological polar surface area (TPSA) is 93.5 Å². The van der Waals surface area contributed by atoms with E-state index in [-0.39, 0.29) is 0 Å². The van der Waals surface area contributed by atoms with Crippen molar-refractivity contribution in [1.82, 2.24) is 0 Å². The van der Waals surface area contributed by atoms with Crippen molar-refractivity contribution in [1.29, 1.82) is 0 Å². The molecular formula is C21H22N3O4Se. The molecule has 8 heteroatoms. The van der Waals surface area contributed by atoms with Crippen molar-refractivity contribution < 1.29 is 19.0 Å². The Morgan fingerprint density at radius 1 is 1.17 bits per heavy atom. The second kappa shape index (κ2) is 9.44. The molecule has 151 valence electrons. The van der Waals surface area contributed by atoms with Crippen molar-refractivity contribution in [2.45, 2.75) is 49.3 Å². The van der Waals surface area contributed by atoms with Crippen LogP contribution in [0.1, 0.15) is 25.0 Å². The molecule has 3 rings (SSSR count). The summed E-state index contributed by atoms with van der Waals surface area (Å²) in [5, 5.41) is 3.95. The first-order valence-electron chi connectivity index (χ1n) is 9.26. The van der Waals surface area contributed by atoms with Crippen LogP contribution < -0.4 is 0 Å². The van der Waals surface area contributed by atoms with Crippen molar-refractivity contribution in [2.24, 2.45) is 5.11 Å². The number of azide groups is 1. The second-order valence-electron chi connectivity index (χ2n) is 6.84. The van der Waals surface area contributed by atoms with Crippen LogP contribution in [0, 0.1) is 0 Å². The normalized spacial score (nSPS) is 28.9. The maximum atomic E-state index is 11.9. The predicted octanol–water partition coefficient (Wildman–Crippen LogP) is 3.62. The Morgan fingerprint density at radius 3 is 2.38 bits per heavy atom. The molecule has 0 aliphatic carbocycles. The molecule has 1 heterocycles. The maximum absolute atomic E-state index is 11.9. The van der Waals surface area contributed by atoms with Gasteiger partial charge in [0, 0.05) is 0 Å². The molecule has 0 saturated carbocycles. The molecule has 0 bridgehead atoms. The first kappa shape index (κ1) is 21.4. The van der Waals surface area contributed by atoms with Crippen LogP contribution in [0.4, 0.5) is 0 Å². The fourth-order valence-electron chi connectivity index (χ4n) is 3.50. The summed E-state index contributed by atoms with van der Waals surface area (Å²) in [5.74, 6) is -0.481. The van der Waals surface area contributed by atoms with Gasteiger partial charge in [-0.15, -0.1) is 0 Å². The molecule has 1 radical (unpaired) electrons. The molecule has 29 heavy (non-hydrogen) atoms. The summed E-state index contributed by atoms with van der Waals surface area (Å²) in [4.78, 5) is 14.9. The van der Waals surface area contributed by atoms with Gasteiger partial charge in [0.25, 0.3) is 0 Å². The number of hydrogen-bond acceptors (Lipinski definition) is 5. The van der Waals surface area contributed by atoms with Crippen LogP contribution in [0.25, 0.3) is 10.4 Å². The van der Waals surface area contributed by atoms with Gasteiger partial charge in [0.05, 0.1) is 0 Å². The summed E-state index contributed by atoms with van der Waals surface area (Å²) in [6.07, 6.45) is -1.87. The van der Waals surface area contributed by atoms with Crippen LogP contribution in [0.15, 0.2) is 65.8 Å². The van der Waals surface area contributed by atoms with Gasteiger partial charge in [-0.3, -0.25) is 0 Å². The quantitative estimate of drug-likeness (QED) is 0.217. The molecule has 2 aromatic rings. The van der Waals surface area contributed by atoms with Crippen molar-refractivity contribution >= 4 is 22.0 Å². The summed E-state index contributed by atoms with van der Waals surface area (Å²) in [6, 6.07) is 18.2. The van der Waals surface area contributed by atoms with Gasteiger partial charge in [0.2, 0.25) is 0 Å². The molecule has 0 N–H and O–H groups in total. The van der Waals surface area contributed by atoms with Gasteiger partial charge in [0.1, 0.15) is 0 Å². The van der Waals surface area contributed by atoms with Crippen molar-refractivity contribution in [3.63, 3.8) is 0 Å². The molecule has 1 aliphatic rings. The van der Waals surface area contributed by atoms with E-state index in [4.69, 9.17) is 14.2 Å². The minimum absolute atomic E-state index is 0.311. The average molecular weight is 459 g/mol. The predicted molar refractivity (Wildman–Crippen MR) is 108 cm³/mol. The minimum atomic E-state index is -1.10. The third-order valence-electron chi connectivity index (χ3n) is 4.79. The van der Waals surface area contributed by atoms with Crippen LogP contribution >= 0.6 is 0 Å². The zero-order chi connectivity index (χ0) is 20.9. The SMILES string of the molecule is CC(=O)O[C@H]1[C@H](OCc2ccccc2)[C@@H](C)O[C@@]([Se])(c2ccccc2)[C@@H]1N=[N+]=[N-]. The van der Waals surface area contributed by atoms with Gasteiger partial charge in [0.15, 0.2) is 0 Å². The number of benzene rings is 2. The summed E-state index contributed by atoms with van der Waals surface area (Å²) in [5.41, 5.74) is 11.0. The van der Waals surface area contributed by atoms with Crippen LogP contribution in [0.2, 0.25) is 0 Å². The van der Waals surface area contributed by atoms with E-state index in [9.17, 15) is 10.3 Å². The Labute approximate surface area is 177 Å². The first-order valence-corrected chi connectivity index (χ1v) is 10.1. The summed E-state index contributed by atoms with van der Waals surface area (Å²) >= 11 is 3.04. The second-order valence-corrected chi connectivity index (χ2v) is 8.11. The van der Waals surface area contributed by atoms with Gasteiger partial charge in [-0.25, -0.2) is 0 Å². The van der Waals surface area contributed by atoms with E-state index < -0.39 is 34.8 Å². The fraction of sp³-hybridized carbons (Fsp3) is 0.381. The fourth-order valence-corrected chi connectivity index (χ4v) is 4.49. The standard InChI is InChI=1S/C21H22N3O4Se/c1-14-18(26-13-16-9-5-3-6-10-16)19(27-15(2)25)20(23-24-22)21(29,28-14)17-11-7-4-8-12-17/h3-12,14,18-20H,13H2,1-2H3/t14-,18-,19+,20-,21-/m1/s1. The van der Waals surface area contributed by atoms with E-state index in [1.54, 1.807) is 0 Å². The molecule has 0 spiro atoms. The molecule has 7 nitrogen and oxygen atoms in total. The van der Waals surface area contributed by atoms with Gasteiger partial charge < -0.3 is 0 Å². The Balaban J connectivity index is 1.96. The van der Waals surface area contributed by atoms with Gasteiger partial charge in [-0.05, 0) is 0 Å². The molecule has 1 fully saturated rings. The number of carbonyl (C=O) groups is 1. The van der Waals surface area contributed by atoms with E-state index in [0.717, 1.165) is 11.1 Å². The van der Waals surface area contributed by atoms with Crippen molar-refractivity contribution in [2.75, 3.05) is 0 Å². The molecule has 0 amide bonds. The van der Waals surface area contributed by atoms with Gasteiger partial charge in [-0.2, -0.15) is 0 Å². The Hall–Kier alpha value is -2.34. The number of nitrogens with zero attached hydrogens (tertiary/aromatic N) is 3. The van der Waals surface area contributed by atoms with Gasteiger partial charge >= 0.3 is 178 Å². The Bertz CT molecular complexity index is 876. The van der Waals surface area contributed by atoms with Crippen LogP contribution in [-0.2, 0) is 30.1 Å². The number of carbonyl (C=O) groups excluding carboxylic acids is 1. The van der Waals surface area contributed by atoms with Crippen LogP contribution in [0.3, 0.4) is 0 Å². The van der Waals surface area contributed by atoms with E-state index in [2.05, 4.69) is 26.0 Å². The summed E-state index contributed by atoms with van der Waals surface area (Å²) < 4.78 is 16.9. The van der Waals surface area contributed by atoms with E-state index in [1.165, 1.54) is 6.92 Å². The Kier molecular flexibility index (Phi) is 6.96. The Morgan fingerprint density at radius 2 is 1.79 bits per heavy atom. The number of hydrogen-bond donors (Lipinski definition) is 0. The van der Waals surface area contributed by atoms with Crippen molar-refractivity contribution in [3.05, 3.63) is 82.2 Å². The van der Waals surface area contributed by atoms with Crippen LogP contribution in [-0.4, -0.2) is 46.3 Å². The molecule has 1 aliphatic heterocycles. The molecule has 5 atom stereocenters. The van der Waals surface area contributed by atoms with Crippen LogP contribution in [0.5, 0.6) is 0 Å². The first-order chi connectivity index (χ1) is 14.0. The summed E-state index contributed by atoms with van der Waals surface area (Å²) in [7, 11) is 0. The van der Waals surface area contributed by atoms with E-state index in [0.29, 0.717) is 6.61 Å². The zero-order valence-corrected chi connectivity index (χ0v) is 17.9. The molecule has 0 unspecified atom stereocenters. The molecular weight excluding hydrogens is 437 g/mol. The number of esters is 1. The number of rotatable bonds is 6. The number of ether oxygens (including phenoxy) is 3. The average Bonchev–Trinajstić information content (AvgIpc) is 2.71. The molecule has 2 aromatic carbocycles.